The second-order valence-corrected chi connectivity index (χ2v) is 7.43. The van der Waals surface area contributed by atoms with Crippen LogP contribution >= 0.6 is 23.5 Å². The number of hydrogen-bond acceptors (Lipinski definition) is 7. The molecule has 0 heterocycles. The Bertz CT molecular complexity index is 581. The van der Waals surface area contributed by atoms with E-state index >= 15 is 0 Å². The highest BCUT2D eigenvalue weighted by Gasteiger charge is 2.39. The van der Waals surface area contributed by atoms with Crippen molar-refractivity contribution in [1.82, 2.24) is 0 Å². The third-order valence-electron chi connectivity index (χ3n) is 2.71. The Balaban J connectivity index is 2.65. The van der Waals surface area contributed by atoms with E-state index in [9.17, 15) is 14.2 Å². The zero-order valence-corrected chi connectivity index (χ0v) is 15.3. The van der Waals surface area contributed by atoms with E-state index in [4.69, 9.17) is 19.5 Å². The largest absolute Gasteiger partial charge is 0.456 e. The van der Waals surface area contributed by atoms with E-state index in [1.165, 1.54) is 0 Å². The van der Waals surface area contributed by atoms with Gasteiger partial charge in [0, 0.05) is 10.0 Å². The summed E-state index contributed by atoms with van der Waals surface area (Å²) in [7, 11) is -3.82. The van der Waals surface area contributed by atoms with Crippen molar-refractivity contribution in [2.75, 3.05) is 19.8 Å². The third-order valence-corrected chi connectivity index (χ3v) is 5.37. The van der Waals surface area contributed by atoms with Crippen molar-refractivity contribution in [3.05, 3.63) is 34.3 Å². The molecule has 1 unspecified atom stereocenters. The SMILES string of the molecule is CCOP(=O)(OCC)C(N)C(=O)OCC(=O)c1ccc(Br)cc1. The maximum absolute atomic E-state index is 12.3. The Hall–Kier alpha value is -1.05. The Labute approximate surface area is 143 Å². The van der Waals surface area contributed by atoms with Crippen LogP contribution in [0.25, 0.3) is 0 Å². The molecular formula is C14H19BrNO6P. The molecule has 0 spiro atoms. The number of carbonyl (C=O) groups excluding carboxylic acids is 2. The summed E-state index contributed by atoms with van der Waals surface area (Å²) < 4.78 is 27.9. The van der Waals surface area contributed by atoms with Crippen LogP contribution in [-0.2, 0) is 23.1 Å². The van der Waals surface area contributed by atoms with Crippen LogP contribution in [0.1, 0.15) is 24.2 Å². The second kappa shape index (κ2) is 9.30. The molecule has 0 aromatic heterocycles. The fourth-order valence-electron chi connectivity index (χ4n) is 1.63. The predicted molar refractivity (Wildman–Crippen MR) is 88.3 cm³/mol. The van der Waals surface area contributed by atoms with Gasteiger partial charge in [-0.3, -0.25) is 9.36 Å². The highest BCUT2D eigenvalue weighted by Crippen LogP contribution is 2.51. The summed E-state index contributed by atoms with van der Waals surface area (Å²) in [4.78, 5) is 23.8. The first kappa shape index (κ1) is 20.0. The van der Waals surface area contributed by atoms with Gasteiger partial charge in [-0.2, -0.15) is 0 Å². The highest BCUT2D eigenvalue weighted by molar-refractivity contribution is 9.10. The molecule has 1 atom stereocenters. The number of Topliss-reactive ketones (excluding diaryl/α,β-unsaturated/α-hetero) is 1. The maximum atomic E-state index is 12.3. The average molecular weight is 408 g/mol. The van der Waals surface area contributed by atoms with Crippen molar-refractivity contribution >= 4 is 35.3 Å². The van der Waals surface area contributed by atoms with E-state index in [0.29, 0.717) is 5.56 Å². The molecule has 0 saturated carbocycles. The molecule has 0 aliphatic carbocycles. The molecule has 7 nitrogen and oxygen atoms in total. The van der Waals surface area contributed by atoms with Crippen LogP contribution < -0.4 is 5.73 Å². The normalized spacial score (nSPS) is 12.7. The fourth-order valence-corrected chi connectivity index (χ4v) is 3.34. The lowest BCUT2D eigenvalue weighted by Gasteiger charge is -2.21. The molecule has 9 heteroatoms. The Kier molecular flexibility index (Phi) is 8.08. The minimum Gasteiger partial charge on any atom is -0.456 e. The van der Waals surface area contributed by atoms with Crippen molar-refractivity contribution in [3.8, 4) is 0 Å². The molecule has 0 aliphatic heterocycles. The van der Waals surface area contributed by atoms with E-state index in [-0.39, 0.29) is 13.2 Å². The zero-order chi connectivity index (χ0) is 17.5. The number of nitrogens with two attached hydrogens (primary N) is 1. The molecule has 1 rings (SSSR count). The van der Waals surface area contributed by atoms with Gasteiger partial charge < -0.3 is 19.5 Å². The molecule has 23 heavy (non-hydrogen) atoms. The van der Waals surface area contributed by atoms with Gasteiger partial charge in [0.25, 0.3) is 0 Å². The summed E-state index contributed by atoms with van der Waals surface area (Å²) in [6.45, 7) is 2.82. The maximum Gasteiger partial charge on any atom is 0.358 e. The quantitative estimate of drug-likeness (QED) is 0.381. The first-order valence-electron chi connectivity index (χ1n) is 6.93. The summed E-state index contributed by atoms with van der Waals surface area (Å²) in [6.07, 6.45) is 0. The number of esters is 1. The standard InChI is InChI=1S/C14H19BrNO6P/c1-3-21-23(19,22-4-2)13(16)14(18)20-9-12(17)10-5-7-11(15)8-6-10/h5-8,13H,3-4,9,16H2,1-2H3. The van der Waals surface area contributed by atoms with Crippen molar-refractivity contribution in [2.45, 2.75) is 19.6 Å². The number of rotatable bonds is 9. The number of carbonyl (C=O) groups is 2. The Morgan fingerprint density at radius 3 is 2.17 bits per heavy atom. The van der Waals surface area contributed by atoms with Crippen LogP contribution in [0.3, 0.4) is 0 Å². The van der Waals surface area contributed by atoms with E-state index < -0.39 is 31.7 Å². The smallest absolute Gasteiger partial charge is 0.358 e. The van der Waals surface area contributed by atoms with Crippen LogP contribution in [0.5, 0.6) is 0 Å². The molecule has 0 saturated heterocycles. The van der Waals surface area contributed by atoms with Gasteiger partial charge in [-0.05, 0) is 26.0 Å². The van der Waals surface area contributed by atoms with Gasteiger partial charge in [0.15, 0.2) is 12.4 Å². The molecule has 128 valence electrons. The molecule has 2 N–H and O–H groups in total. The van der Waals surface area contributed by atoms with E-state index in [1.54, 1.807) is 38.1 Å². The van der Waals surface area contributed by atoms with Crippen LogP contribution in [0.2, 0.25) is 0 Å². The number of benzene rings is 1. The summed E-state index contributed by atoms with van der Waals surface area (Å²) in [6, 6.07) is 6.56. The number of halogens is 1. The van der Waals surface area contributed by atoms with Gasteiger partial charge in [0.2, 0.25) is 5.78 Å². The molecule has 0 radical (unpaired) electrons. The van der Waals surface area contributed by atoms with E-state index in [1.807, 2.05) is 0 Å². The predicted octanol–water partition coefficient (Wildman–Crippen LogP) is 2.73. The molecule has 0 fully saturated rings. The number of ketones is 1. The van der Waals surface area contributed by atoms with Crippen molar-refractivity contribution in [3.63, 3.8) is 0 Å². The minimum atomic E-state index is -3.82. The average Bonchev–Trinajstić information content (AvgIpc) is 2.52. The first-order valence-corrected chi connectivity index (χ1v) is 9.34. The van der Waals surface area contributed by atoms with Gasteiger partial charge in [0.1, 0.15) is 0 Å². The Morgan fingerprint density at radius 1 is 1.17 bits per heavy atom. The summed E-state index contributed by atoms with van der Waals surface area (Å²) >= 11 is 3.26. The van der Waals surface area contributed by atoms with Crippen LogP contribution in [0, 0.1) is 0 Å². The fraction of sp³-hybridized carbons (Fsp3) is 0.429. The number of ether oxygens (including phenoxy) is 1. The first-order chi connectivity index (χ1) is 10.8. The molecule has 1 aromatic carbocycles. The van der Waals surface area contributed by atoms with Gasteiger partial charge in [-0.25, -0.2) is 4.79 Å². The van der Waals surface area contributed by atoms with Crippen molar-refractivity contribution < 1.29 is 27.9 Å². The lowest BCUT2D eigenvalue weighted by Crippen LogP contribution is -2.34. The van der Waals surface area contributed by atoms with Gasteiger partial charge in [-0.1, -0.05) is 28.1 Å². The van der Waals surface area contributed by atoms with Crippen molar-refractivity contribution in [1.29, 1.82) is 0 Å². The summed E-state index contributed by atoms with van der Waals surface area (Å²) in [5.74, 6) is -3.01. The van der Waals surface area contributed by atoms with Crippen LogP contribution in [0.4, 0.5) is 0 Å². The Morgan fingerprint density at radius 2 is 1.70 bits per heavy atom. The lowest BCUT2D eigenvalue weighted by molar-refractivity contribution is -0.142. The zero-order valence-electron chi connectivity index (χ0n) is 12.9. The van der Waals surface area contributed by atoms with E-state index in [0.717, 1.165) is 4.47 Å². The van der Waals surface area contributed by atoms with Gasteiger partial charge in [-0.15, -0.1) is 0 Å². The van der Waals surface area contributed by atoms with Crippen molar-refractivity contribution in [2.24, 2.45) is 5.73 Å². The molecule has 0 amide bonds. The molecule has 1 aromatic rings. The topological polar surface area (TPSA) is 105 Å². The van der Waals surface area contributed by atoms with Gasteiger partial charge >= 0.3 is 13.6 Å². The highest BCUT2D eigenvalue weighted by atomic mass is 79.9. The van der Waals surface area contributed by atoms with E-state index in [2.05, 4.69) is 15.9 Å². The minimum absolute atomic E-state index is 0.0656. The molecular weight excluding hydrogens is 389 g/mol. The monoisotopic (exact) mass is 407 g/mol. The van der Waals surface area contributed by atoms with Gasteiger partial charge in [0.05, 0.1) is 13.2 Å². The second-order valence-electron chi connectivity index (χ2n) is 4.36. The molecule has 0 bridgehead atoms. The summed E-state index contributed by atoms with van der Waals surface area (Å²) in [5, 5.41) is 0. The van der Waals surface area contributed by atoms with Crippen LogP contribution in [-0.4, -0.2) is 37.4 Å². The van der Waals surface area contributed by atoms with Crippen LogP contribution in [0.15, 0.2) is 28.7 Å². The molecule has 0 aliphatic rings. The third kappa shape index (κ3) is 5.82. The lowest BCUT2D eigenvalue weighted by atomic mass is 10.1. The summed E-state index contributed by atoms with van der Waals surface area (Å²) in [5.41, 5.74) is 5.99. The number of hydrogen-bond donors (Lipinski definition) is 1.